The Kier molecular flexibility index (Phi) is 6.77. The summed E-state index contributed by atoms with van der Waals surface area (Å²) in [6, 6.07) is -0.837. The number of carbonyl (C=O) groups is 2. The molecule has 118 valence electrons. The van der Waals surface area contributed by atoms with E-state index in [4.69, 9.17) is 0 Å². The molecule has 0 aliphatic rings. The van der Waals surface area contributed by atoms with Gasteiger partial charge in [0, 0.05) is 11.6 Å². The molecule has 2 amide bonds. The molecule has 0 saturated carbocycles. The van der Waals surface area contributed by atoms with Gasteiger partial charge in [-0.3, -0.25) is 14.5 Å². The van der Waals surface area contributed by atoms with Gasteiger partial charge in [-0.25, -0.2) is 4.98 Å². The van der Waals surface area contributed by atoms with Crippen molar-refractivity contribution in [1.29, 1.82) is 0 Å². The van der Waals surface area contributed by atoms with Crippen molar-refractivity contribution < 1.29 is 9.59 Å². The summed E-state index contributed by atoms with van der Waals surface area (Å²) in [6.07, 6.45) is 2.22. The molecular formula is C14H24N4O2S. The Labute approximate surface area is 129 Å². The Bertz CT molecular complexity index is 460. The highest BCUT2D eigenvalue weighted by molar-refractivity contribution is 7.13. The van der Waals surface area contributed by atoms with E-state index in [0.29, 0.717) is 17.5 Å². The maximum absolute atomic E-state index is 12.3. The van der Waals surface area contributed by atoms with E-state index in [-0.39, 0.29) is 17.9 Å². The van der Waals surface area contributed by atoms with E-state index in [2.05, 4.69) is 15.6 Å². The fraction of sp³-hybridized carbons (Fsp3) is 0.643. The number of thiazole rings is 1. The van der Waals surface area contributed by atoms with Gasteiger partial charge >= 0.3 is 0 Å². The number of nitrogens with zero attached hydrogens (tertiary/aromatic N) is 2. The fourth-order valence-electron chi connectivity index (χ4n) is 1.71. The number of aromatic nitrogens is 1. The highest BCUT2D eigenvalue weighted by Crippen LogP contribution is 2.13. The average molecular weight is 312 g/mol. The first kappa shape index (κ1) is 17.6. The van der Waals surface area contributed by atoms with E-state index >= 15 is 0 Å². The SMILES string of the molecule is CC(C)CC(NC(=O)[C@H](C)N(C)C)C(=O)Nc1nccs1. The summed E-state index contributed by atoms with van der Waals surface area (Å²) in [5.74, 6) is -0.0788. The van der Waals surface area contributed by atoms with Crippen molar-refractivity contribution in [2.75, 3.05) is 19.4 Å². The van der Waals surface area contributed by atoms with Crippen molar-refractivity contribution >= 4 is 28.3 Å². The number of amides is 2. The van der Waals surface area contributed by atoms with Crippen LogP contribution in [0.5, 0.6) is 0 Å². The highest BCUT2D eigenvalue weighted by Gasteiger charge is 2.25. The Morgan fingerprint density at radius 2 is 1.95 bits per heavy atom. The number of likely N-dealkylation sites (N-methyl/N-ethyl adjacent to an activating group) is 1. The van der Waals surface area contributed by atoms with Crippen LogP contribution < -0.4 is 10.6 Å². The van der Waals surface area contributed by atoms with Crippen LogP contribution in [-0.2, 0) is 9.59 Å². The summed E-state index contributed by atoms with van der Waals surface area (Å²) >= 11 is 1.35. The van der Waals surface area contributed by atoms with E-state index in [1.807, 2.05) is 27.9 Å². The summed E-state index contributed by atoms with van der Waals surface area (Å²) in [6.45, 7) is 5.84. The second-order valence-electron chi connectivity index (χ2n) is 5.66. The summed E-state index contributed by atoms with van der Waals surface area (Å²) < 4.78 is 0. The molecule has 0 saturated heterocycles. The molecule has 2 atom stereocenters. The van der Waals surface area contributed by atoms with Crippen molar-refractivity contribution in [3.05, 3.63) is 11.6 Å². The lowest BCUT2D eigenvalue weighted by atomic mass is 10.0. The molecule has 21 heavy (non-hydrogen) atoms. The smallest absolute Gasteiger partial charge is 0.248 e. The van der Waals surface area contributed by atoms with Crippen molar-refractivity contribution in [3.63, 3.8) is 0 Å². The zero-order valence-corrected chi connectivity index (χ0v) is 14.0. The van der Waals surface area contributed by atoms with Crippen LogP contribution >= 0.6 is 11.3 Å². The molecule has 0 aliphatic heterocycles. The van der Waals surface area contributed by atoms with Gasteiger partial charge < -0.3 is 10.6 Å². The minimum atomic E-state index is -0.552. The monoisotopic (exact) mass is 312 g/mol. The van der Waals surface area contributed by atoms with Crippen molar-refractivity contribution in [3.8, 4) is 0 Å². The molecule has 0 aliphatic carbocycles. The highest BCUT2D eigenvalue weighted by atomic mass is 32.1. The maximum atomic E-state index is 12.3. The van der Waals surface area contributed by atoms with E-state index < -0.39 is 6.04 Å². The van der Waals surface area contributed by atoms with Gasteiger partial charge in [0.1, 0.15) is 6.04 Å². The molecule has 1 aromatic heterocycles. The van der Waals surface area contributed by atoms with Crippen molar-refractivity contribution in [1.82, 2.24) is 15.2 Å². The topological polar surface area (TPSA) is 74.3 Å². The first-order valence-electron chi connectivity index (χ1n) is 6.98. The average Bonchev–Trinajstić information content (AvgIpc) is 2.88. The molecule has 1 rings (SSSR count). The predicted molar refractivity (Wildman–Crippen MR) is 85.3 cm³/mol. The van der Waals surface area contributed by atoms with E-state index in [0.717, 1.165) is 0 Å². The Hall–Kier alpha value is -1.47. The third-order valence-corrected chi connectivity index (χ3v) is 3.85. The summed E-state index contributed by atoms with van der Waals surface area (Å²) in [5.41, 5.74) is 0. The standard InChI is InChI=1S/C14H24N4O2S/c1-9(2)8-11(16-12(19)10(3)18(4)5)13(20)17-14-15-6-7-21-14/h6-7,9-11H,8H2,1-5H3,(H,16,19)(H,15,17,20)/t10-,11?/m0/s1. The minimum absolute atomic E-state index is 0.153. The molecule has 0 spiro atoms. The number of hydrogen-bond donors (Lipinski definition) is 2. The van der Waals surface area contributed by atoms with Crippen LogP contribution in [-0.4, -0.2) is 47.9 Å². The molecule has 1 heterocycles. The lowest BCUT2D eigenvalue weighted by molar-refractivity contribution is -0.129. The molecular weight excluding hydrogens is 288 g/mol. The normalized spacial score (nSPS) is 14.0. The molecule has 0 fully saturated rings. The van der Waals surface area contributed by atoms with E-state index in [1.54, 1.807) is 23.4 Å². The predicted octanol–water partition coefficient (Wildman–Crippen LogP) is 1.56. The first-order chi connectivity index (χ1) is 9.81. The molecule has 0 aromatic carbocycles. The van der Waals surface area contributed by atoms with E-state index in [1.165, 1.54) is 11.3 Å². The van der Waals surface area contributed by atoms with Gasteiger partial charge in [-0.1, -0.05) is 13.8 Å². The maximum Gasteiger partial charge on any atom is 0.248 e. The largest absolute Gasteiger partial charge is 0.343 e. The van der Waals surface area contributed by atoms with Gasteiger partial charge in [0.05, 0.1) is 6.04 Å². The van der Waals surface area contributed by atoms with Crippen LogP contribution in [0.2, 0.25) is 0 Å². The van der Waals surface area contributed by atoms with Crippen LogP contribution in [0, 0.1) is 5.92 Å². The molecule has 1 unspecified atom stereocenters. The van der Waals surface area contributed by atoms with Crippen molar-refractivity contribution in [2.45, 2.75) is 39.3 Å². The summed E-state index contributed by atoms with van der Waals surface area (Å²) in [4.78, 5) is 30.3. The van der Waals surface area contributed by atoms with Crippen molar-refractivity contribution in [2.24, 2.45) is 5.92 Å². The summed E-state index contributed by atoms with van der Waals surface area (Å²) in [7, 11) is 3.66. The van der Waals surface area contributed by atoms with Crippen LogP contribution in [0.15, 0.2) is 11.6 Å². The zero-order valence-electron chi connectivity index (χ0n) is 13.2. The second-order valence-corrected chi connectivity index (χ2v) is 6.55. The van der Waals surface area contributed by atoms with Crippen LogP contribution in [0.1, 0.15) is 27.2 Å². The molecule has 7 heteroatoms. The zero-order chi connectivity index (χ0) is 16.0. The van der Waals surface area contributed by atoms with Crippen LogP contribution in [0.4, 0.5) is 5.13 Å². The molecule has 0 bridgehead atoms. The number of rotatable bonds is 7. The van der Waals surface area contributed by atoms with E-state index in [9.17, 15) is 9.59 Å². The van der Waals surface area contributed by atoms with Gasteiger partial charge in [-0.05, 0) is 33.4 Å². The Morgan fingerprint density at radius 1 is 1.29 bits per heavy atom. The second kappa shape index (κ2) is 8.09. The number of carbonyl (C=O) groups excluding carboxylic acids is 2. The van der Waals surface area contributed by atoms with Crippen LogP contribution in [0.3, 0.4) is 0 Å². The van der Waals surface area contributed by atoms with Gasteiger partial charge in [0.25, 0.3) is 0 Å². The Balaban J connectivity index is 2.70. The van der Waals surface area contributed by atoms with Gasteiger partial charge in [0.15, 0.2) is 5.13 Å². The lowest BCUT2D eigenvalue weighted by Gasteiger charge is -2.24. The molecule has 6 nitrogen and oxygen atoms in total. The lowest BCUT2D eigenvalue weighted by Crippen LogP contribution is -2.50. The van der Waals surface area contributed by atoms with Gasteiger partial charge in [-0.15, -0.1) is 11.3 Å². The molecule has 0 radical (unpaired) electrons. The first-order valence-corrected chi connectivity index (χ1v) is 7.86. The quantitative estimate of drug-likeness (QED) is 0.801. The van der Waals surface area contributed by atoms with Gasteiger partial charge in [-0.2, -0.15) is 0 Å². The number of nitrogens with one attached hydrogen (secondary N) is 2. The van der Waals surface area contributed by atoms with Gasteiger partial charge in [0.2, 0.25) is 11.8 Å². The Morgan fingerprint density at radius 3 is 2.43 bits per heavy atom. The number of hydrogen-bond acceptors (Lipinski definition) is 5. The minimum Gasteiger partial charge on any atom is -0.343 e. The third-order valence-electron chi connectivity index (χ3n) is 3.16. The number of anilines is 1. The fourth-order valence-corrected chi connectivity index (χ4v) is 2.24. The molecule has 2 N–H and O–H groups in total. The summed E-state index contributed by atoms with van der Waals surface area (Å²) in [5, 5.41) is 7.90. The van der Waals surface area contributed by atoms with Crippen LogP contribution in [0.25, 0.3) is 0 Å². The third kappa shape index (κ3) is 5.81. The molecule has 1 aromatic rings.